The van der Waals surface area contributed by atoms with Crippen molar-refractivity contribution in [2.75, 3.05) is 11.2 Å². The van der Waals surface area contributed by atoms with Gasteiger partial charge in [0.1, 0.15) is 0 Å². The molecule has 3 rings (SSSR count). The standard InChI is InChI=1S/C16H14N2O4S/c1-23(21,22)13-4-2-3-12(9-13)18-14-6-5-10(16(17)20)7-11(14)8-15(18)19/h2-7,9H,8H2,1H3,(H2,17,20). The molecule has 6 nitrogen and oxygen atoms in total. The molecule has 0 bridgehead atoms. The summed E-state index contributed by atoms with van der Waals surface area (Å²) in [5.41, 5.74) is 7.38. The number of rotatable bonds is 3. The van der Waals surface area contributed by atoms with Crippen LogP contribution in [0.15, 0.2) is 47.4 Å². The zero-order valence-corrected chi connectivity index (χ0v) is 13.1. The Labute approximate surface area is 133 Å². The Hall–Kier alpha value is -2.67. The van der Waals surface area contributed by atoms with E-state index in [0.29, 0.717) is 22.5 Å². The van der Waals surface area contributed by atoms with Crippen LogP contribution in [-0.2, 0) is 21.1 Å². The van der Waals surface area contributed by atoms with Gasteiger partial charge in [-0.1, -0.05) is 6.07 Å². The van der Waals surface area contributed by atoms with E-state index in [1.807, 2.05) is 0 Å². The molecule has 1 heterocycles. The Morgan fingerprint density at radius 3 is 2.57 bits per heavy atom. The average Bonchev–Trinajstić information content (AvgIpc) is 2.81. The first kappa shape index (κ1) is 15.2. The zero-order chi connectivity index (χ0) is 16.8. The average molecular weight is 330 g/mol. The molecule has 1 aliphatic rings. The van der Waals surface area contributed by atoms with E-state index in [0.717, 1.165) is 6.26 Å². The number of amides is 2. The molecule has 0 radical (unpaired) electrons. The Bertz CT molecular complexity index is 935. The lowest BCUT2D eigenvalue weighted by molar-refractivity contribution is -0.116. The summed E-state index contributed by atoms with van der Waals surface area (Å²) in [5.74, 6) is -0.745. The number of nitrogens with two attached hydrogens (primary N) is 1. The van der Waals surface area contributed by atoms with Crippen molar-refractivity contribution in [1.29, 1.82) is 0 Å². The number of hydrogen-bond donors (Lipinski definition) is 1. The molecule has 0 saturated heterocycles. The van der Waals surface area contributed by atoms with E-state index in [9.17, 15) is 18.0 Å². The van der Waals surface area contributed by atoms with E-state index in [2.05, 4.69) is 0 Å². The molecule has 0 aromatic heterocycles. The van der Waals surface area contributed by atoms with Crippen LogP contribution in [0.5, 0.6) is 0 Å². The molecular formula is C16H14N2O4S. The normalized spacial score (nSPS) is 14.0. The number of nitrogens with zero attached hydrogens (tertiary/aromatic N) is 1. The molecule has 118 valence electrons. The highest BCUT2D eigenvalue weighted by atomic mass is 32.2. The smallest absolute Gasteiger partial charge is 0.248 e. The number of hydrogen-bond acceptors (Lipinski definition) is 4. The Morgan fingerprint density at radius 1 is 1.17 bits per heavy atom. The molecule has 0 spiro atoms. The monoisotopic (exact) mass is 330 g/mol. The van der Waals surface area contributed by atoms with Crippen LogP contribution in [0, 0.1) is 0 Å². The highest BCUT2D eigenvalue weighted by Gasteiger charge is 2.29. The van der Waals surface area contributed by atoms with Gasteiger partial charge in [0.25, 0.3) is 0 Å². The number of carbonyl (C=O) groups is 2. The fourth-order valence-electron chi connectivity index (χ4n) is 2.61. The molecule has 2 amide bonds. The number of carbonyl (C=O) groups excluding carboxylic acids is 2. The Balaban J connectivity index is 2.10. The first-order chi connectivity index (χ1) is 10.8. The maximum Gasteiger partial charge on any atom is 0.248 e. The van der Waals surface area contributed by atoms with Crippen LogP contribution in [0.1, 0.15) is 15.9 Å². The van der Waals surface area contributed by atoms with E-state index in [4.69, 9.17) is 5.73 Å². The molecule has 2 N–H and O–H groups in total. The van der Waals surface area contributed by atoms with Gasteiger partial charge in [-0.2, -0.15) is 0 Å². The predicted octanol–water partition coefficient (Wildman–Crippen LogP) is 1.41. The maximum atomic E-state index is 12.3. The highest BCUT2D eigenvalue weighted by molar-refractivity contribution is 7.90. The van der Waals surface area contributed by atoms with Gasteiger partial charge in [0.2, 0.25) is 11.8 Å². The number of benzene rings is 2. The fraction of sp³-hybridized carbons (Fsp3) is 0.125. The minimum absolute atomic E-state index is 0.138. The first-order valence-corrected chi connectivity index (χ1v) is 8.72. The van der Waals surface area contributed by atoms with Gasteiger partial charge in [-0.05, 0) is 42.0 Å². The van der Waals surface area contributed by atoms with Gasteiger partial charge in [-0.15, -0.1) is 0 Å². The molecule has 2 aromatic rings. The number of primary amides is 1. The Morgan fingerprint density at radius 2 is 1.91 bits per heavy atom. The molecule has 0 fully saturated rings. The van der Waals surface area contributed by atoms with E-state index in [1.54, 1.807) is 30.3 Å². The molecule has 1 aliphatic heterocycles. The quantitative estimate of drug-likeness (QED) is 0.920. The van der Waals surface area contributed by atoms with Gasteiger partial charge in [0.05, 0.1) is 22.7 Å². The Kier molecular flexibility index (Phi) is 3.45. The summed E-state index contributed by atoms with van der Waals surface area (Å²) in [4.78, 5) is 25.2. The summed E-state index contributed by atoms with van der Waals surface area (Å²) in [6.07, 6.45) is 1.25. The summed E-state index contributed by atoms with van der Waals surface area (Å²) >= 11 is 0. The summed E-state index contributed by atoms with van der Waals surface area (Å²) in [6.45, 7) is 0. The van der Waals surface area contributed by atoms with Gasteiger partial charge in [0, 0.05) is 11.8 Å². The maximum absolute atomic E-state index is 12.3. The summed E-state index contributed by atoms with van der Waals surface area (Å²) in [7, 11) is -3.37. The summed E-state index contributed by atoms with van der Waals surface area (Å²) < 4.78 is 23.4. The number of anilines is 2. The van der Waals surface area contributed by atoms with Gasteiger partial charge >= 0.3 is 0 Å². The molecule has 23 heavy (non-hydrogen) atoms. The minimum Gasteiger partial charge on any atom is -0.366 e. The van der Waals surface area contributed by atoms with Crippen molar-refractivity contribution in [3.8, 4) is 0 Å². The van der Waals surface area contributed by atoms with Crippen molar-refractivity contribution >= 4 is 33.0 Å². The van der Waals surface area contributed by atoms with Crippen molar-refractivity contribution in [3.63, 3.8) is 0 Å². The summed E-state index contributed by atoms with van der Waals surface area (Å²) in [6, 6.07) is 11.0. The number of fused-ring (bicyclic) bond motifs is 1. The van der Waals surface area contributed by atoms with Crippen LogP contribution in [-0.4, -0.2) is 26.5 Å². The first-order valence-electron chi connectivity index (χ1n) is 6.83. The second-order valence-electron chi connectivity index (χ2n) is 5.38. The van der Waals surface area contributed by atoms with E-state index < -0.39 is 15.7 Å². The van der Waals surface area contributed by atoms with Gasteiger partial charge in [0.15, 0.2) is 9.84 Å². The SMILES string of the molecule is CS(=O)(=O)c1cccc(N2C(=O)Cc3cc(C(N)=O)ccc32)c1. The summed E-state index contributed by atoms with van der Waals surface area (Å²) in [5, 5.41) is 0. The van der Waals surface area contributed by atoms with Crippen LogP contribution in [0.25, 0.3) is 0 Å². The predicted molar refractivity (Wildman–Crippen MR) is 85.4 cm³/mol. The lowest BCUT2D eigenvalue weighted by Gasteiger charge is -2.18. The van der Waals surface area contributed by atoms with Crippen LogP contribution >= 0.6 is 0 Å². The third-order valence-electron chi connectivity index (χ3n) is 3.70. The lowest BCUT2D eigenvalue weighted by atomic mass is 10.1. The largest absolute Gasteiger partial charge is 0.366 e. The topological polar surface area (TPSA) is 97.5 Å². The minimum atomic E-state index is -3.37. The molecule has 0 unspecified atom stereocenters. The van der Waals surface area contributed by atoms with Gasteiger partial charge in [-0.3, -0.25) is 14.5 Å². The van der Waals surface area contributed by atoms with Crippen molar-refractivity contribution in [3.05, 3.63) is 53.6 Å². The van der Waals surface area contributed by atoms with E-state index >= 15 is 0 Å². The molecule has 7 heteroatoms. The highest BCUT2D eigenvalue weighted by Crippen LogP contribution is 2.36. The van der Waals surface area contributed by atoms with Crippen LogP contribution < -0.4 is 10.6 Å². The fourth-order valence-corrected chi connectivity index (χ4v) is 3.27. The van der Waals surface area contributed by atoms with Crippen molar-refractivity contribution in [1.82, 2.24) is 0 Å². The molecule has 0 aliphatic carbocycles. The van der Waals surface area contributed by atoms with E-state index in [-0.39, 0.29) is 17.2 Å². The molecular weight excluding hydrogens is 316 g/mol. The van der Waals surface area contributed by atoms with E-state index in [1.165, 1.54) is 17.0 Å². The molecule has 2 aromatic carbocycles. The van der Waals surface area contributed by atoms with Gasteiger partial charge < -0.3 is 5.73 Å². The molecule has 0 saturated carbocycles. The lowest BCUT2D eigenvalue weighted by Crippen LogP contribution is -2.21. The van der Waals surface area contributed by atoms with Crippen LogP contribution in [0.3, 0.4) is 0 Å². The zero-order valence-electron chi connectivity index (χ0n) is 12.3. The third-order valence-corrected chi connectivity index (χ3v) is 4.81. The van der Waals surface area contributed by atoms with Crippen LogP contribution in [0.4, 0.5) is 11.4 Å². The van der Waals surface area contributed by atoms with Crippen molar-refractivity contribution in [2.45, 2.75) is 11.3 Å². The van der Waals surface area contributed by atoms with Crippen molar-refractivity contribution in [2.24, 2.45) is 5.73 Å². The second-order valence-corrected chi connectivity index (χ2v) is 7.40. The van der Waals surface area contributed by atoms with Gasteiger partial charge in [-0.25, -0.2) is 8.42 Å². The second kappa shape index (κ2) is 5.20. The third kappa shape index (κ3) is 2.70. The van der Waals surface area contributed by atoms with Crippen molar-refractivity contribution < 1.29 is 18.0 Å². The molecule has 0 atom stereocenters. The number of sulfone groups is 1. The van der Waals surface area contributed by atoms with Crippen LogP contribution in [0.2, 0.25) is 0 Å².